The first-order valence-electron chi connectivity index (χ1n) is 8.70. The van der Waals surface area contributed by atoms with E-state index in [1.807, 2.05) is 24.3 Å². The first-order valence-corrected chi connectivity index (χ1v) is 8.70. The smallest absolute Gasteiger partial charge is 0.335 e. The molecule has 0 spiro atoms. The van der Waals surface area contributed by atoms with Gasteiger partial charge in [-0.3, -0.25) is 0 Å². The van der Waals surface area contributed by atoms with Crippen LogP contribution >= 0.6 is 0 Å². The van der Waals surface area contributed by atoms with E-state index in [9.17, 15) is 9.59 Å². The molecule has 1 fully saturated rings. The van der Waals surface area contributed by atoms with Gasteiger partial charge in [0.1, 0.15) is 5.75 Å². The van der Waals surface area contributed by atoms with Crippen molar-refractivity contribution in [2.75, 3.05) is 0 Å². The van der Waals surface area contributed by atoms with Crippen molar-refractivity contribution in [3.8, 4) is 5.75 Å². The van der Waals surface area contributed by atoms with Crippen LogP contribution in [0.3, 0.4) is 0 Å². The summed E-state index contributed by atoms with van der Waals surface area (Å²) in [5, 5.41) is 14.5. The highest BCUT2D eigenvalue weighted by Crippen LogP contribution is 2.27. The predicted molar refractivity (Wildman–Crippen MR) is 97.2 cm³/mol. The van der Waals surface area contributed by atoms with Gasteiger partial charge < -0.3 is 20.5 Å². The lowest BCUT2D eigenvalue weighted by atomic mass is 9.96. The summed E-state index contributed by atoms with van der Waals surface area (Å²) in [6.45, 7) is 0.707. The Morgan fingerprint density at radius 2 is 1.69 bits per heavy atom. The van der Waals surface area contributed by atoms with E-state index < -0.39 is 5.97 Å². The number of carbonyl (C=O) groups is 2. The Bertz CT molecular complexity index is 770. The van der Waals surface area contributed by atoms with Crippen LogP contribution in [0.2, 0.25) is 0 Å². The average Bonchev–Trinajstić information content (AvgIpc) is 2.62. The van der Waals surface area contributed by atoms with Gasteiger partial charge in [0.2, 0.25) is 0 Å². The topological polar surface area (TPSA) is 87.7 Å². The van der Waals surface area contributed by atoms with Crippen LogP contribution in [0, 0.1) is 0 Å². The molecule has 0 unspecified atom stereocenters. The van der Waals surface area contributed by atoms with Gasteiger partial charge in [0.15, 0.2) is 0 Å². The predicted octanol–water partition coefficient (Wildman–Crippen LogP) is 3.32. The van der Waals surface area contributed by atoms with E-state index in [-0.39, 0.29) is 11.6 Å². The Kier molecular flexibility index (Phi) is 5.73. The molecular weight excluding hydrogens is 332 g/mol. The normalized spacial score (nSPS) is 13.5. The van der Waals surface area contributed by atoms with E-state index in [1.54, 1.807) is 12.1 Å². The number of aromatic carboxylic acids is 1. The number of hydrogen-bond donors (Lipinski definition) is 3. The zero-order chi connectivity index (χ0) is 18.4. The Morgan fingerprint density at radius 3 is 2.35 bits per heavy atom. The van der Waals surface area contributed by atoms with Crippen LogP contribution in [0.5, 0.6) is 5.75 Å². The van der Waals surface area contributed by atoms with E-state index >= 15 is 0 Å². The lowest BCUT2D eigenvalue weighted by Crippen LogP contribution is -2.34. The molecule has 0 heterocycles. The van der Waals surface area contributed by atoms with Crippen molar-refractivity contribution in [2.45, 2.75) is 38.5 Å². The minimum Gasteiger partial charge on any atom is -0.490 e. The molecule has 2 aromatic rings. The first kappa shape index (κ1) is 17.8. The van der Waals surface area contributed by atoms with Gasteiger partial charge in [-0.2, -0.15) is 0 Å². The van der Waals surface area contributed by atoms with Crippen LogP contribution in [0.1, 0.15) is 40.7 Å². The van der Waals surface area contributed by atoms with E-state index in [2.05, 4.69) is 10.6 Å². The molecular formula is C20H22N2O4. The highest BCUT2D eigenvalue weighted by atomic mass is 16.5. The summed E-state index contributed by atoms with van der Waals surface area (Å²) in [4.78, 5) is 22.8. The number of para-hydroxylation sites is 1. The van der Waals surface area contributed by atoms with Crippen molar-refractivity contribution in [1.29, 1.82) is 0 Å². The largest absolute Gasteiger partial charge is 0.490 e. The van der Waals surface area contributed by atoms with Gasteiger partial charge in [0.25, 0.3) is 0 Å². The molecule has 136 valence electrons. The minimum absolute atomic E-state index is 0.223. The molecule has 26 heavy (non-hydrogen) atoms. The second-order valence-corrected chi connectivity index (χ2v) is 6.32. The third-order valence-corrected chi connectivity index (χ3v) is 4.41. The van der Waals surface area contributed by atoms with Crippen molar-refractivity contribution in [1.82, 2.24) is 10.6 Å². The fourth-order valence-electron chi connectivity index (χ4n) is 2.62. The second kappa shape index (κ2) is 8.38. The third kappa shape index (κ3) is 4.75. The summed E-state index contributed by atoms with van der Waals surface area (Å²) in [6, 6.07) is 13.8. The minimum atomic E-state index is -0.968. The average molecular weight is 354 g/mol. The van der Waals surface area contributed by atoms with Gasteiger partial charge in [-0.15, -0.1) is 0 Å². The number of carbonyl (C=O) groups excluding carboxylic acids is 1. The highest BCUT2D eigenvalue weighted by molar-refractivity contribution is 5.87. The lowest BCUT2D eigenvalue weighted by molar-refractivity contribution is 0.0697. The summed E-state index contributed by atoms with van der Waals surface area (Å²) in [5.41, 5.74) is 2.00. The van der Waals surface area contributed by atoms with Crippen molar-refractivity contribution in [3.63, 3.8) is 0 Å². The number of nitrogens with one attached hydrogen (secondary N) is 2. The van der Waals surface area contributed by atoms with Crippen LogP contribution in [0.25, 0.3) is 0 Å². The van der Waals surface area contributed by atoms with Crippen LogP contribution in [-0.2, 0) is 13.1 Å². The van der Waals surface area contributed by atoms with Gasteiger partial charge in [0, 0.05) is 18.7 Å². The Morgan fingerprint density at radius 1 is 1.00 bits per heavy atom. The molecule has 6 heteroatoms. The molecule has 0 atom stereocenters. The Labute approximate surface area is 152 Å². The molecule has 0 aromatic heterocycles. The molecule has 1 aliphatic rings. The van der Waals surface area contributed by atoms with Gasteiger partial charge in [-0.25, -0.2) is 9.59 Å². The van der Waals surface area contributed by atoms with Crippen molar-refractivity contribution < 1.29 is 19.4 Å². The maximum atomic E-state index is 12.0. The first-order chi connectivity index (χ1) is 12.6. The van der Waals surface area contributed by atoms with Gasteiger partial charge >= 0.3 is 12.0 Å². The summed E-state index contributed by atoms with van der Waals surface area (Å²) in [7, 11) is 0. The quantitative estimate of drug-likeness (QED) is 0.712. The molecule has 1 saturated carbocycles. The molecule has 2 aromatic carbocycles. The van der Waals surface area contributed by atoms with E-state index in [4.69, 9.17) is 9.84 Å². The number of rotatable bonds is 7. The number of hydrogen-bond acceptors (Lipinski definition) is 3. The molecule has 0 radical (unpaired) electrons. The summed E-state index contributed by atoms with van der Waals surface area (Å²) < 4.78 is 5.95. The van der Waals surface area contributed by atoms with Gasteiger partial charge in [-0.05, 0) is 43.0 Å². The maximum absolute atomic E-state index is 12.0. The lowest BCUT2D eigenvalue weighted by Gasteiger charge is -2.27. The number of carboxylic acid groups (broad SMARTS) is 1. The van der Waals surface area contributed by atoms with Crippen molar-refractivity contribution >= 4 is 12.0 Å². The fourth-order valence-corrected chi connectivity index (χ4v) is 2.62. The number of amides is 2. The number of benzene rings is 2. The number of urea groups is 1. The number of ether oxygens (including phenoxy) is 1. The van der Waals surface area contributed by atoms with E-state index in [0.29, 0.717) is 19.2 Å². The molecule has 0 aliphatic heterocycles. The van der Waals surface area contributed by atoms with E-state index in [1.165, 1.54) is 18.6 Å². The fraction of sp³-hybridized carbons (Fsp3) is 0.300. The Balaban J connectivity index is 1.47. The SMILES string of the molecule is O=C(NCc1ccc(C(=O)O)cc1)NCc1ccccc1OC1CCC1. The zero-order valence-corrected chi connectivity index (χ0v) is 14.4. The van der Waals surface area contributed by atoms with Crippen LogP contribution in [0.4, 0.5) is 4.79 Å². The Hall–Kier alpha value is -3.02. The molecule has 0 bridgehead atoms. The summed E-state index contributed by atoms with van der Waals surface area (Å²) >= 11 is 0. The van der Waals surface area contributed by atoms with Crippen LogP contribution < -0.4 is 15.4 Å². The standard InChI is InChI=1S/C20H22N2O4/c23-19(24)15-10-8-14(9-11-15)12-21-20(25)22-13-16-4-1-2-7-18(16)26-17-5-3-6-17/h1-2,4,7-11,17H,3,5-6,12-13H2,(H,23,24)(H2,21,22,25). The molecule has 6 nitrogen and oxygen atoms in total. The van der Waals surface area contributed by atoms with Gasteiger partial charge in [-0.1, -0.05) is 30.3 Å². The van der Waals surface area contributed by atoms with Gasteiger partial charge in [0.05, 0.1) is 11.7 Å². The van der Waals surface area contributed by atoms with Crippen LogP contribution in [-0.4, -0.2) is 23.2 Å². The maximum Gasteiger partial charge on any atom is 0.335 e. The summed E-state index contributed by atoms with van der Waals surface area (Å²) in [6.07, 6.45) is 3.67. The summed E-state index contributed by atoms with van der Waals surface area (Å²) in [5.74, 6) is -0.146. The van der Waals surface area contributed by atoms with Crippen molar-refractivity contribution in [3.05, 3.63) is 65.2 Å². The third-order valence-electron chi connectivity index (χ3n) is 4.41. The van der Waals surface area contributed by atoms with Crippen molar-refractivity contribution in [2.24, 2.45) is 0 Å². The molecule has 1 aliphatic carbocycles. The molecule has 0 saturated heterocycles. The highest BCUT2D eigenvalue weighted by Gasteiger charge is 2.20. The molecule has 2 amide bonds. The molecule has 3 rings (SSSR count). The van der Waals surface area contributed by atoms with E-state index in [0.717, 1.165) is 29.7 Å². The number of carboxylic acids is 1. The monoisotopic (exact) mass is 354 g/mol. The van der Waals surface area contributed by atoms with Crippen LogP contribution in [0.15, 0.2) is 48.5 Å². The molecule has 3 N–H and O–H groups in total. The second-order valence-electron chi connectivity index (χ2n) is 6.32. The zero-order valence-electron chi connectivity index (χ0n) is 14.4.